The normalized spacial score (nSPS) is 14.2. The molecule has 0 bridgehead atoms. The van der Waals surface area contributed by atoms with Crippen molar-refractivity contribution < 1.29 is 27.5 Å². The van der Waals surface area contributed by atoms with Crippen LogP contribution in [0.3, 0.4) is 0 Å². The number of carbonyl (C=O) groups is 2. The Labute approximate surface area is 182 Å². The Kier molecular flexibility index (Phi) is 7.64. The molecule has 0 spiro atoms. The van der Waals surface area contributed by atoms with Gasteiger partial charge in [-0.25, -0.2) is 13.1 Å². The van der Waals surface area contributed by atoms with E-state index in [0.29, 0.717) is 0 Å². The molecule has 1 saturated carbocycles. The minimum Gasteiger partial charge on any atom is -0.495 e. The highest BCUT2D eigenvalue weighted by Gasteiger charge is 2.26. The topological polar surface area (TPSA) is 111 Å². The highest BCUT2D eigenvalue weighted by atomic mass is 32.2. The molecule has 1 amide bonds. The van der Waals surface area contributed by atoms with E-state index in [2.05, 4.69) is 10.0 Å². The van der Waals surface area contributed by atoms with Gasteiger partial charge < -0.3 is 14.8 Å². The van der Waals surface area contributed by atoms with Crippen LogP contribution in [-0.4, -0.2) is 40.0 Å². The highest BCUT2D eigenvalue weighted by Crippen LogP contribution is 2.27. The molecule has 1 fully saturated rings. The van der Waals surface area contributed by atoms with E-state index in [9.17, 15) is 18.0 Å². The van der Waals surface area contributed by atoms with Crippen LogP contribution in [0.1, 0.15) is 41.6 Å². The summed E-state index contributed by atoms with van der Waals surface area (Å²) < 4.78 is 38.6. The number of hydrogen-bond acceptors (Lipinski definition) is 6. The zero-order chi connectivity index (χ0) is 22.3. The number of amides is 1. The second-order valence-corrected chi connectivity index (χ2v) is 8.98. The third kappa shape index (κ3) is 6.28. The van der Waals surface area contributed by atoms with Gasteiger partial charge in [0, 0.05) is 11.6 Å². The van der Waals surface area contributed by atoms with E-state index < -0.39 is 21.9 Å². The summed E-state index contributed by atoms with van der Waals surface area (Å²) in [6, 6.07) is 13.2. The predicted octanol–water partition coefficient (Wildman–Crippen LogP) is 2.39. The maximum atomic E-state index is 12.8. The van der Waals surface area contributed by atoms with Gasteiger partial charge in [0.15, 0.2) is 0 Å². The molecule has 0 aromatic heterocycles. The summed E-state index contributed by atoms with van der Waals surface area (Å²) in [6.07, 6.45) is 3.53. The monoisotopic (exact) mass is 446 g/mol. The van der Waals surface area contributed by atoms with Gasteiger partial charge in [-0.3, -0.25) is 9.59 Å². The first-order valence-electron chi connectivity index (χ1n) is 10.1. The van der Waals surface area contributed by atoms with Crippen LogP contribution in [0, 0.1) is 0 Å². The summed E-state index contributed by atoms with van der Waals surface area (Å²) in [7, 11) is -2.49. The zero-order valence-corrected chi connectivity index (χ0v) is 18.1. The van der Waals surface area contributed by atoms with Crippen LogP contribution >= 0.6 is 0 Å². The van der Waals surface area contributed by atoms with Crippen molar-refractivity contribution in [3.8, 4) is 5.75 Å². The van der Waals surface area contributed by atoms with Crippen LogP contribution in [0.4, 0.5) is 0 Å². The lowest BCUT2D eigenvalue weighted by molar-refractivity contribution is -0.143. The summed E-state index contributed by atoms with van der Waals surface area (Å²) in [5.74, 6) is -1.04. The molecule has 31 heavy (non-hydrogen) atoms. The van der Waals surface area contributed by atoms with Crippen LogP contribution < -0.4 is 14.8 Å². The Bertz CT molecular complexity index is 1020. The molecule has 1 aliphatic carbocycles. The Morgan fingerprint density at radius 1 is 1.06 bits per heavy atom. The number of nitrogens with one attached hydrogen (secondary N) is 2. The van der Waals surface area contributed by atoms with Crippen LogP contribution in [-0.2, 0) is 26.2 Å². The van der Waals surface area contributed by atoms with Crippen molar-refractivity contribution in [2.45, 2.75) is 43.2 Å². The largest absolute Gasteiger partial charge is 0.495 e. The van der Waals surface area contributed by atoms with Crippen molar-refractivity contribution in [1.82, 2.24) is 10.0 Å². The molecule has 166 valence electrons. The SMILES string of the molecule is COc1ccc(C(=O)NCC(=O)OCc2ccccc2)cc1S(=O)(=O)NC1CCCC1. The molecule has 9 heteroatoms. The first-order valence-corrected chi connectivity index (χ1v) is 11.6. The maximum absolute atomic E-state index is 12.8. The van der Waals surface area contributed by atoms with E-state index in [0.717, 1.165) is 31.2 Å². The molecule has 0 heterocycles. The highest BCUT2D eigenvalue weighted by molar-refractivity contribution is 7.89. The van der Waals surface area contributed by atoms with Crippen LogP contribution in [0.25, 0.3) is 0 Å². The fraction of sp³-hybridized carbons (Fsp3) is 0.364. The molecule has 0 aliphatic heterocycles. The number of benzene rings is 2. The van der Waals surface area contributed by atoms with Gasteiger partial charge in [-0.2, -0.15) is 0 Å². The van der Waals surface area contributed by atoms with Crippen molar-refractivity contribution >= 4 is 21.9 Å². The Morgan fingerprint density at radius 2 is 1.77 bits per heavy atom. The molecule has 2 N–H and O–H groups in total. The summed E-state index contributed by atoms with van der Waals surface area (Å²) in [5.41, 5.74) is 0.936. The lowest BCUT2D eigenvalue weighted by atomic mass is 10.2. The van der Waals surface area contributed by atoms with Crippen molar-refractivity contribution in [2.75, 3.05) is 13.7 Å². The number of rotatable bonds is 9. The van der Waals surface area contributed by atoms with Crippen LogP contribution in [0.5, 0.6) is 5.75 Å². The summed E-state index contributed by atoms with van der Waals surface area (Å²) in [4.78, 5) is 24.3. The van der Waals surface area contributed by atoms with E-state index >= 15 is 0 Å². The second-order valence-electron chi connectivity index (χ2n) is 7.30. The average Bonchev–Trinajstić information content (AvgIpc) is 3.28. The lowest BCUT2D eigenvalue weighted by Gasteiger charge is -2.15. The van der Waals surface area contributed by atoms with Gasteiger partial charge in [-0.1, -0.05) is 43.2 Å². The third-order valence-corrected chi connectivity index (χ3v) is 6.57. The first-order chi connectivity index (χ1) is 14.9. The van der Waals surface area contributed by atoms with Gasteiger partial charge in [0.05, 0.1) is 7.11 Å². The van der Waals surface area contributed by atoms with Crippen molar-refractivity contribution in [2.24, 2.45) is 0 Å². The fourth-order valence-corrected chi connectivity index (χ4v) is 4.90. The first kappa shape index (κ1) is 22.8. The van der Waals surface area contributed by atoms with Gasteiger partial charge in [0.1, 0.15) is 23.8 Å². The Balaban J connectivity index is 1.63. The van der Waals surface area contributed by atoms with E-state index in [1.165, 1.54) is 25.3 Å². The van der Waals surface area contributed by atoms with Gasteiger partial charge in [-0.05, 0) is 36.6 Å². The molecule has 0 saturated heterocycles. The molecule has 0 atom stereocenters. The van der Waals surface area contributed by atoms with Gasteiger partial charge >= 0.3 is 5.97 Å². The number of hydrogen-bond donors (Lipinski definition) is 2. The van der Waals surface area contributed by atoms with Crippen molar-refractivity contribution in [1.29, 1.82) is 0 Å². The van der Waals surface area contributed by atoms with Gasteiger partial charge in [-0.15, -0.1) is 0 Å². The molecule has 0 radical (unpaired) electrons. The number of methoxy groups -OCH3 is 1. The van der Waals surface area contributed by atoms with E-state index in [-0.39, 0.29) is 35.4 Å². The molecule has 0 unspecified atom stereocenters. The fourth-order valence-electron chi connectivity index (χ4n) is 3.40. The van der Waals surface area contributed by atoms with Gasteiger partial charge in [0.25, 0.3) is 5.91 Å². The summed E-state index contributed by atoms with van der Waals surface area (Å²) in [6.45, 7) is -0.229. The standard InChI is InChI=1S/C22H26N2O6S/c1-29-19-12-11-17(13-20(19)31(27,28)24-18-9-5-6-10-18)22(26)23-14-21(25)30-15-16-7-3-2-4-8-16/h2-4,7-8,11-13,18,24H,5-6,9-10,14-15H2,1H3,(H,23,26). The summed E-state index contributed by atoms with van der Waals surface area (Å²) >= 11 is 0. The lowest BCUT2D eigenvalue weighted by Crippen LogP contribution is -2.33. The molecular formula is C22H26N2O6S. The molecular weight excluding hydrogens is 420 g/mol. The van der Waals surface area contributed by atoms with Crippen molar-refractivity contribution in [3.05, 3.63) is 59.7 Å². The van der Waals surface area contributed by atoms with E-state index in [4.69, 9.17) is 9.47 Å². The minimum atomic E-state index is -3.86. The Morgan fingerprint density at radius 3 is 2.45 bits per heavy atom. The Hall–Kier alpha value is -2.91. The molecule has 3 rings (SSSR count). The molecule has 1 aliphatic rings. The van der Waals surface area contributed by atoms with E-state index in [1.807, 2.05) is 30.3 Å². The maximum Gasteiger partial charge on any atom is 0.325 e. The average molecular weight is 447 g/mol. The zero-order valence-electron chi connectivity index (χ0n) is 17.3. The van der Waals surface area contributed by atoms with Gasteiger partial charge in [0.2, 0.25) is 10.0 Å². The summed E-state index contributed by atoms with van der Waals surface area (Å²) in [5, 5.41) is 2.45. The molecule has 8 nitrogen and oxygen atoms in total. The number of carbonyl (C=O) groups excluding carboxylic acids is 2. The van der Waals surface area contributed by atoms with Crippen LogP contribution in [0.15, 0.2) is 53.4 Å². The number of ether oxygens (including phenoxy) is 2. The molecule has 2 aromatic carbocycles. The van der Waals surface area contributed by atoms with Crippen LogP contribution in [0.2, 0.25) is 0 Å². The smallest absolute Gasteiger partial charge is 0.325 e. The third-order valence-electron chi connectivity index (χ3n) is 5.03. The quantitative estimate of drug-likeness (QED) is 0.572. The second kappa shape index (κ2) is 10.4. The minimum absolute atomic E-state index is 0.100. The predicted molar refractivity (Wildman–Crippen MR) is 114 cm³/mol. The number of esters is 1. The van der Waals surface area contributed by atoms with E-state index in [1.54, 1.807) is 0 Å². The van der Waals surface area contributed by atoms with Crippen molar-refractivity contribution in [3.63, 3.8) is 0 Å². The number of sulfonamides is 1. The molecule has 2 aromatic rings.